The van der Waals surface area contributed by atoms with Crippen molar-refractivity contribution in [3.05, 3.63) is 11.8 Å². The molecular weight excluding hydrogens is 192 g/mol. The van der Waals surface area contributed by atoms with Gasteiger partial charge in [0.05, 0.1) is 13.2 Å². The van der Waals surface area contributed by atoms with Gasteiger partial charge in [0, 0.05) is 25.3 Å². The summed E-state index contributed by atoms with van der Waals surface area (Å²) in [6.07, 6.45) is 4.50. The molecule has 4 heteroatoms. The van der Waals surface area contributed by atoms with Crippen LogP contribution in [-0.4, -0.2) is 48.7 Å². The van der Waals surface area contributed by atoms with E-state index in [2.05, 4.69) is 11.0 Å². The first kappa shape index (κ1) is 10.3. The summed E-state index contributed by atoms with van der Waals surface area (Å²) in [5.41, 5.74) is 1.29. The molecule has 2 aliphatic rings. The fourth-order valence-electron chi connectivity index (χ4n) is 2.13. The third kappa shape index (κ3) is 2.25. The van der Waals surface area contributed by atoms with Crippen LogP contribution in [0.15, 0.2) is 11.8 Å². The number of likely N-dealkylation sites (tertiary alicyclic amines) is 1. The van der Waals surface area contributed by atoms with Gasteiger partial charge in [-0.15, -0.1) is 0 Å². The van der Waals surface area contributed by atoms with Crippen LogP contribution in [-0.2, 0) is 4.74 Å². The summed E-state index contributed by atoms with van der Waals surface area (Å²) in [4.78, 5) is 15.6. The SMILES string of the molecule is CCOC(=O)N1CC=C(N2CCCC2)C1. The number of rotatable bonds is 2. The van der Waals surface area contributed by atoms with E-state index in [1.807, 2.05) is 6.92 Å². The summed E-state index contributed by atoms with van der Waals surface area (Å²) in [6.45, 7) is 5.99. The molecule has 0 unspecified atom stereocenters. The summed E-state index contributed by atoms with van der Waals surface area (Å²) in [5, 5.41) is 0. The monoisotopic (exact) mass is 210 g/mol. The van der Waals surface area contributed by atoms with Crippen molar-refractivity contribution < 1.29 is 9.53 Å². The molecule has 2 aliphatic heterocycles. The van der Waals surface area contributed by atoms with E-state index in [1.54, 1.807) is 4.90 Å². The molecule has 1 amide bonds. The van der Waals surface area contributed by atoms with E-state index < -0.39 is 0 Å². The summed E-state index contributed by atoms with van der Waals surface area (Å²) >= 11 is 0. The number of nitrogens with zero attached hydrogens (tertiary/aromatic N) is 2. The molecule has 0 N–H and O–H groups in total. The number of hydrogen-bond donors (Lipinski definition) is 0. The van der Waals surface area contributed by atoms with E-state index in [1.165, 1.54) is 18.5 Å². The third-order valence-electron chi connectivity index (χ3n) is 2.94. The molecule has 2 rings (SSSR count). The van der Waals surface area contributed by atoms with Crippen molar-refractivity contribution in [1.29, 1.82) is 0 Å². The molecule has 0 aliphatic carbocycles. The van der Waals surface area contributed by atoms with Crippen molar-refractivity contribution in [1.82, 2.24) is 9.80 Å². The maximum Gasteiger partial charge on any atom is 0.410 e. The molecule has 0 aromatic carbocycles. The topological polar surface area (TPSA) is 32.8 Å². The van der Waals surface area contributed by atoms with Crippen LogP contribution >= 0.6 is 0 Å². The Morgan fingerprint density at radius 3 is 2.87 bits per heavy atom. The molecule has 0 atom stereocenters. The summed E-state index contributed by atoms with van der Waals surface area (Å²) in [5.74, 6) is 0. The minimum absolute atomic E-state index is 0.192. The first-order valence-corrected chi connectivity index (χ1v) is 5.67. The average molecular weight is 210 g/mol. The van der Waals surface area contributed by atoms with Gasteiger partial charge in [-0.1, -0.05) is 0 Å². The predicted octanol–water partition coefficient (Wildman–Crippen LogP) is 1.44. The van der Waals surface area contributed by atoms with E-state index in [0.717, 1.165) is 19.6 Å². The van der Waals surface area contributed by atoms with Crippen molar-refractivity contribution >= 4 is 6.09 Å². The van der Waals surface area contributed by atoms with Gasteiger partial charge in [0.25, 0.3) is 0 Å². The summed E-state index contributed by atoms with van der Waals surface area (Å²) in [7, 11) is 0. The van der Waals surface area contributed by atoms with Gasteiger partial charge in [-0.25, -0.2) is 4.79 Å². The van der Waals surface area contributed by atoms with Crippen LogP contribution < -0.4 is 0 Å². The van der Waals surface area contributed by atoms with Crippen molar-refractivity contribution in [2.24, 2.45) is 0 Å². The quantitative estimate of drug-likeness (QED) is 0.691. The van der Waals surface area contributed by atoms with Gasteiger partial charge in [-0.2, -0.15) is 0 Å². The highest BCUT2D eigenvalue weighted by Crippen LogP contribution is 2.19. The molecule has 0 radical (unpaired) electrons. The summed E-state index contributed by atoms with van der Waals surface area (Å²) in [6, 6.07) is 0. The Kier molecular flexibility index (Phi) is 3.14. The highest BCUT2D eigenvalue weighted by atomic mass is 16.6. The first-order valence-electron chi connectivity index (χ1n) is 5.67. The zero-order valence-corrected chi connectivity index (χ0v) is 9.24. The number of carbonyl (C=O) groups excluding carboxylic acids is 1. The van der Waals surface area contributed by atoms with Gasteiger partial charge in [0.1, 0.15) is 0 Å². The van der Waals surface area contributed by atoms with Crippen molar-refractivity contribution in [3.8, 4) is 0 Å². The second-order valence-electron chi connectivity index (χ2n) is 3.97. The van der Waals surface area contributed by atoms with E-state index in [4.69, 9.17) is 4.74 Å². The highest BCUT2D eigenvalue weighted by molar-refractivity contribution is 5.68. The van der Waals surface area contributed by atoms with Crippen LogP contribution in [0.2, 0.25) is 0 Å². The molecule has 2 heterocycles. The molecule has 1 saturated heterocycles. The minimum Gasteiger partial charge on any atom is -0.450 e. The molecule has 0 saturated carbocycles. The van der Waals surface area contributed by atoms with Gasteiger partial charge < -0.3 is 9.64 Å². The van der Waals surface area contributed by atoms with Crippen molar-refractivity contribution in [2.75, 3.05) is 32.8 Å². The molecule has 0 spiro atoms. The lowest BCUT2D eigenvalue weighted by Crippen LogP contribution is -2.32. The predicted molar refractivity (Wildman–Crippen MR) is 57.5 cm³/mol. The summed E-state index contributed by atoms with van der Waals surface area (Å²) < 4.78 is 4.97. The van der Waals surface area contributed by atoms with E-state index in [0.29, 0.717) is 13.2 Å². The van der Waals surface area contributed by atoms with Gasteiger partial charge in [-0.3, -0.25) is 4.90 Å². The number of carbonyl (C=O) groups is 1. The smallest absolute Gasteiger partial charge is 0.410 e. The van der Waals surface area contributed by atoms with E-state index >= 15 is 0 Å². The highest BCUT2D eigenvalue weighted by Gasteiger charge is 2.24. The van der Waals surface area contributed by atoms with Crippen LogP contribution in [0.25, 0.3) is 0 Å². The zero-order valence-electron chi connectivity index (χ0n) is 9.24. The average Bonchev–Trinajstić information content (AvgIpc) is 2.89. The molecular formula is C11H18N2O2. The van der Waals surface area contributed by atoms with Crippen LogP contribution in [0.1, 0.15) is 19.8 Å². The lowest BCUT2D eigenvalue weighted by Gasteiger charge is -2.21. The first-order chi connectivity index (χ1) is 7.31. The Morgan fingerprint density at radius 1 is 1.47 bits per heavy atom. The Labute approximate surface area is 90.5 Å². The fraction of sp³-hybridized carbons (Fsp3) is 0.727. The van der Waals surface area contributed by atoms with Gasteiger partial charge >= 0.3 is 6.09 Å². The number of amides is 1. The van der Waals surface area contributed by atoms with E-state index in [9.17, 15) is 4.79 Å². The minimum atomic E-state index is -0.192. The lowest BCUT2D eigenvalue weighted by molar-refractivity contribution is 0.115. The van der Waals surface area contributed by atoms with Gasteiger partial charge in [0.15, 0.2) is 0 Å². The maximum atomic E-state index is 11.5. The van der Waals surface area contributed by atoms with Crippen molar-refractivity contribution in [3.63, 3.8) is 0 Å². The largest absolute Gasteiger partial charge is 0.450 e. The van der Waals surface area contributed by atoms with Crippen molar-refractivity contribution in [2.45, 2.75) is 19.8 Å². The van der Waals surface area contributed by atoms with Crippen LogP contribution in [0, 0.1) is 0 Å². The Balaban J connectivity index is 1.84. The molecule has 1 fully saturated rings. The number of ether oxygens (including phenoxy) is 1. The van der Waals surface area contributed by atoms with Gasteiger partial charge in [-0.05, 0) is 25.8 Å². The Hall–Kier alpha value is -1.19. The van der Waals surface area contributed by atoms with Crippen LogP contribution in [0.3, 0.4) is 0 Å². The molecule has 0 bridgehead atoms. The maximum absolute atomic E-state index is 11.5. The Bertz CT molecular complexity index is 270. The van der Waals surface area contributed by atoms with E-state index in [-0.39, 0.29) is 6.09 Å². The number of hydrogen-bond acceptors (Lipinski definition) is 3. The molecule has 0 aromatic heterocycles. The van der Waals surface area contributed by atoms with Crippen LogP contribution in [0.4, 0.5) is 4.79 Å². The van der Waals surface area contributed by atoms with Crippen LogP contribution in [0.5, 0.6) is 0 Å². The second kappa shape index (κ2) is 4.55. The normalized spacial score (nSPS) is 20.7. The fourth-order valence-corrected chi connectivity index (χ4v) is 2.13. The second-order valence-corrected chi connectivity index (χ2v) is 3.97. The third-order valence-corrected chi connectivity index (χ3v) is 2.94. The molecule has 4 nitrogen and oxygen atoms in total. The van der Waals surface area contributed by atoms with Gasteiger partial charge in [0.2, 0.25) is 0 Å². The molecule has 0 aromatic rings. The molecule has 84 valence electrons. The standard InChI is InChI=1S/C11H18N2O2/c1-2-15-11(14)13-8-5-10(9-13)12-6-3-4-7-12/h5H,2-4,6-9H2,1H3. The molecule has 15 heavy (non-hydrogen) atoms. The zero-order chi connectivity index (χ0) is 10.7. The lowest BCUT2D eigenvalue weighted by atomic mass is 10.4. The Morgan fingerprint density at radius 2 is 2.20 bits per heavy atom.